The van der Waals surface area contributed by atoms with Crippen LogP contribution in [0.2, 0.25) is 0 Å². The quantitative estimate of drug-likeness (QED) is 0.687. The molecule has 0 unspecified atom stereocenters. The third-order valence-corrected chi connectivity index (χ3v) is 3.11. The van der Waals surface area contributed by atoms with Gasteiger partial charge in [-0.1, -0.05) is 22.0 Å². The highest BCUT2D eigenvalue weighted by Gasteiger charge is 2.45. The van der Waals surface area contributed by atoms with E-state index in [1.54, 1.807) is 18.2 Å². The molecular weight excluding hydrogens is 294 g/mol. The van der Waals surface area contributed by atoms with Crippen molar-refractivity contribution in [2.75, 3.05) is 10.6 Å². The van der Waals surface area contributed by atoms with Crippen LogP contribution in [0.25, 0.3) is 0 Å². The lowest BCUT2D eigenvalue weighted by molar-refractivity contribution is -0.0794. The minimum absolute atomic E-state index is 0.132. The Hall–Kier alpha value is -1.04. The van der Waals surface area contributed by atoms with Crippen molar-refractivity contribution in [2.45, 2.75) is 24.8 Å². The number of carbonyl (C=O) groups is 1. The highest BCUT2D eigenvalue weighted by molar-refractivity contribution is 9.09. The highest BCUT2D eigenvalue weighted by atomic mass is 79.9. The molecule has 1 fully saturated rings. The van der Waals surface area contributed by atoms with Gasteiger partial charge in [0.05, 0.1) is 5.33 Å². The summed E-state index contributed by atoms with van der Waals surface area (Å²) in [5.74, 6) is -2.22. The minimum atomic E-state index is -2.55. The second kappa shape index (κ2) is 4.68. The number of nitrogens with zero attached hydrogens (tertiary/aromatic N) is 1. The number of nitrogens with one attached hydrogen (secondary N) is 1. The number of Topliss-reactive ketones (excluding diaryl/α,β-unsaturated/α-hetero) is 1. The van der Waals surface area contributed by atoms with E-state index in [2.05, 4.69) is 26.2 Å². The lowest BCUT2D eigenvalue weighted by atomic mass is 9.88. The number of hydrogen-bond donors (Lipinski definition) is 1. The van der Waals surface area contributed by atoms with E-state index in [-0.39, 0.29) is 30.0 Å². The number of carbonyl (C=O) groups excluding carboxylic acids is 1. The normalized spacial score (nSPS) is 18.5. The first kappa shape index (κ1) is 12.4. The van der Waals surface area contributed by atoms with Gasteiger partial charge in [-0.15, -0.1) is 0 Å². The second-order valence-corrected chi connectivity index (χ2v) is 4.63. The van der Waals surface area contributed by atoms with Crippen molar-refractivity contribution < 1.29 is 13.6 Å². The number of aromatic nitrogens is 1. The van der Waals surface area contributed by atoms with Crippen LogP contribution in [-0.2, 0) is 0 Å². The van der Waals surface area contributed by atoms with E-state index in [4.69, 9.17) is 0 Å². The molecule has 0 amide bonds. The van der Waals surface area contributed by atoms with Crippen LogP contribution in [0.3, 0.4) is 0 Å². The molecule has 1 aromatic rings. The molecule has 1 saturated carbocycles. The van der Waals surface area contributed by atoms with Gasteiger partial charge in [-0.3, -0.25) is 4.79 Å². The molecule has 0 aromatic carbocycles. The fourth-order valence-corrected chi connectivity index (χ4v) is 2.00. The highest BCUT2D eigenvalue weighted by Crippen LogP contribution is 2.38. The zero-order valence-corrected chi connectivity index (χ0v) is 10.5. The van der Waals surface area contributed by atoms with Gasteiger partial charge in [-0.05, 0) is 12.1 Å². The molecule has 1 aromatic heterocycles. The molecule has 6 heteroatoms. The smallest absolute Gasteiger partial charge is 0.252 e. The molecule has 0 spiro atoms. The Balaban J connectivity index is 2.00. The Kier molecular flexibility index (Phi) is 3.42. The maximum atomic E-state index is 12.6. The number of alkyl halides is 3. The molecule has 2 rings (SSSR count). The zero-order valence-electron chi connectivity index (χ0n) is 8.92. The van der Waals surface area contributed by atoms with Crippen LogP contribution in [0.15, 0.2) is 18.2 Å². The van der Waals surface area contributed by atoms with Gasteiger partial charge in [0.15, 0.2) is 5.78 Å². The Labute approximate surface area is 106 Å². The van der Waals surface area contributed by atoms with Crippen LogP contribution < -0.4 is 5.32 Å². The number of pyridine rings is 1. The third kappa shape index (κ3) is 3.00. The summed E-state index contributed by atoms with van der Waals surface area (Å²) in [6.07, 6.45) is -0.351. The van der Waals surface area contributed by atoms with E-state index >= 15 is 0 Å². The summed E-state index contributed by atoms with van der Waals surface area (Å²) in [4.78, 5) is 15.5. The Bertz CT molecular complexity index is 431. The van der Waals surface area contributed by atoms with Crippen LogP contribution in [0, 0.1) is 0 Å². The fraction of sp³-hybridized carbons (Fsp3) is 0.455. The lowest BCUT2D eigenvalue weighted by Gasteiger charge is -2.35. The number of halogens is 3. The average Bonchev–Trinajstić information content (AvgIpc) is 2.26. The SMILES string of the molecule is O=C(CBr)c1cccc(NC2CC(F)(F)C2)n1. The molecule has 17 heavy (non-hydrogen) atoms. The molecule has 1 heterocycles. The lowest BCUT2D eigenvalue weighted by Crippen LogP contribution is -2.44. The summed E-state index contributed by atoms with van der Waals surface area (Å²) in [7, 11) is 0. The molecule has 0 bridgehead atoms. The summed E-state index contributed by atoms with van der Waals surface area (Å²) in [6, 6.07) is 4.69. The van der Waals surface area contributed by atoms with Gasteiger partial charge < -0.3 is 5.32 Å². The Morgan fingerprint density at radius 2 is 2.24 bits per heavy atom. The largest absolute Gasteiger partial charge is 0.367 e. The number of rotatable bonds is 4. The summed E-state index contributed by atoms with van der Waals surface area (Å²) >= 11 is 3.06. The van der Waals surface area contributed by atoms with E-state index in [1.807, 2.05) is 0 Å². The van der Waals surface area contributed by atoms with Crippen molar-refractivity contribution >= 4 is 27.5 Å². The van der Waals surface area contributed by atoms with Crippen molar-refractivity contribution in [3.8, 4) is 0 Å². The predicted octanol–water partition coefficient (Wildman–Crippen LogP) is 2.87. The van der Waals surface area contributed by atoms with Gasteiger partial charge in [0.1, 0.15) is 11.5 Å². The topological polar surface area (TPSA) is 42.0 Å². The van der Waals surface area contributed by atoms with Crippen LogP contribution in [0.4, 0.5) is 14.6 Å². The van der Waals surface area contributed by atoms with Crippen molar-refractivity contribution in [1.29, 1.82) is 0 Å². The van der Waals surface area contributed by atoms with E-state index in [9.17, 15) is 13.6 Å². The van der Waals surface area contributed by atoms with Gasteiger partial charge in [0.2, 0.25) is 0 Å². The van der Waals surface area contributed by atoms with Crippen molar-refractivity contribution in [3.63, 3.8) is 0 Å². The molecule has 92 valence electrons. The zero-order chi connectivity index (χ0) is 12.5. The maximum Gasteiger partial charge on any atom is 0.252 e. The van der Waals surface area contributed by atoms with Gasteiger partial charge >= 0.3 is 0 Å². The van der Waals surface area contributed by atoms with Crippen LogP contribution >= 0.6 is 15.9 Å². The molecule has 0 radical (unpaired) electrons. The Morgan fingerprint density at radius 1 is 1.53 bits per heavy atom. The summed E-state index contributed by atoms with van der Waals surface area (Å²) in [5.41, 5.74) is 0.331. The van der Waals surface area contributed by atoms with E-state index in [1.165, 1.54) is 0 Å². The first-order valence-corrected chi connectivity index (χ1v) is 6.33. The third-order valence-electron chi connectivity index (χ3n) is 2.60. The second-order valence-electron chi connectivity index (χ2n) is 4.07. The molecular formula is C11H11BrF2N2O. The van der Waals surface area contributed by atoms with E-state index in [0.717, 1.165) is 0 Å². The van der Waals surface area contributed by atoms with Gasteiger partial charge in [-0.25, -0.2) is 13.8 Å². The number of ketones is 1. The van der Waals surface area contributed by atoms with Gasteiger partial charge in [0, 0.05) is 18.9 Å². The van der Waals surface area contributed by atoms with E-state index < -0.39 is 5.92 Å². The fourth-order valence-electron chi connectivity index (χ4n) is 1.71. The van der Waals surface area contributed by atoms with Crippen LogP contribution in [0.5, 0.6) is 0 Å². The maximum absolute atomic E-state index is 12.6. The standard InChI is InChI=1S/C11H11BrF2N2O/c12-6-9(17)8-2-1-3-10(16-8)15-7-4-11(13,14)5-7/h1-3,7H,4-6H2,(H,15,16). The molecule has 0 saturated heterocycles. The summed E-state index contributed by atoms with van der Waals surface area (Å²) in [6.45, 7) is 0. The summed E-state index contributed by atoms with van der Waals surface area (Å²) < 4.78 is 25.3. The summed E-state index contributed by atoms with van der Waals surface area (Å²) in [5, 5.41) is 3.09. The molecule has 1 N–H and O–H groups in total. The molecule has 0 atom stereocenters. The monoisotopic (exact) mass is 304 g/mol. The van der Waals surface area contributed by atoms with E-state index in [0.29, 0.717) is 11.5 Å². The molecule has 1 aliphatic carbocycles. The number of hydrogen-bond acceptors (Lipinski definition) is 3. The Morgan fingerprint density at radius 3 is 2.82 bits per heavy atom. The molecule has 3 nitrogen and oxygen atoms in total. The first-order valence-electron chi connectivity index (χ1n) is 5.21. The first-order chi connectivity index (χ1) is 8.00. The van der Waals surface area contributed by atoms with Crippen molar-refractivity contribution in [3.05, 3.63) is 23.9 Å². The predicted molar refractivity (Wildman–Crippen MR) is 64.0 cm³/mol. The average molecular weight is 305 g/mol. The van der Waals surface area contributed by atoms with Crippen molar-refractivity contribution in [1.82, 2.24) is 4.98 Å². The van der Waals surface area contributed by atoms with Gasteiger partial charge in [-0.2, -0.15) is 0 Å². The van der Waals surface area contributed by atoms with Crippen LogP contribution in [-0.4, -0.2) is 28.1 Å². The van der Waals surface area contributed by atoms with Crippen LogP contribution in [0.1, 0.15) is 23.3 Å². The van der Waals surface area contributed by atoms with Crippen molar-refractivity contribution in [2.24, 2.45) is 0 Å². The molecule has 1 aliphatic rings. The minimum Gasteiger partial charge on any atom is -0.367 e. The molecule has 0 aliphatic heterocycles. The number of anilines is 1. The van der Waals surface area contributed by atoms with Gasteiger partial charge in [0.25, 0.3) is 5.92 Å².